The maximum Gasteiger partial charge on any atom is 0.237 e. The summed E-state index contributed by atoms with van der Waals surface area (Å²) in [5.41, 5.74) is 2.87. The molecule has 2 aromatic carbocycles. The third-order valence-corrected chi connectivity index (χ3v) is 4.43. The van der Waals surface area contributed by atoms with Crippen LogP contribution in [0, 0.1) is 6.92 Å². The maximum absolute atomic E-state index is 12.4. The second kappa shape index (κ2) is 7.27. The van der Waals surface area contributed by atoms with Crippen LogP contribution in [0.25, 0.3) is 5.69 Å². The van der Waals surface area contributed by atoms with Crippen molar-refractivity contribution in [2.24, 2.45) is 0 Å². The Bertz CT molecular complexity index is 834. The van der Waals surface area contributed by atoms with Gasteiger partial charge in [-0.15, -0.1) is 5.10 Å². The number of nitrogens with zero attached hydrogens (tertiary/aromatic N) is 5. The molecule has 0 spiro atoms. The molecule has 3 aromatic rings. The predicted molar refractivity (Wildman–Crippen MR) is 94.5 cm³/mol. The van der Waals surface area contributed by atoms with E-state index in [1.54, 1.807) is 16.6 Å². The number of aryl methyl sites for hydroxylation is 1. The number of carbonyl (C=O) groups excluding carboxylic acids is 1. The molecule has 6 nitrogen and oxygen atoms in total. The molecule has 3 rings (SSSR count). The lowest BCUT2D eigenvalue weighted by molar-refractivity contribution is -0.115. The molecule has 0 unspecified atom stereocenters. The molecule has 0 N–H and O–H groups in total. The SMILES string of the molecule is Cc1cccc(-n2nnnc2SCC(=O)N(C)c2ccccc2)c1. The number of thioether (sulfide) groups is 1. The monoisotopic (exact) mass is 339 g/mol. The van der Waals surface area contributed by atoms with Gasteiger partial charge in [0.25, 0.3) is 0 Å². The normalized spacial score (nSPS) is 10.6. The van der Waals surface area contributed by atoms with E-state index in [1.807, 2.05) is 61.5 Å². The van der Waals surface area contributed by atoms with Gasteiger partial charge >= 0.3 is 0 Å². The summed E-state index contributed by atoms with van der Waals surface area (Å²) in [7, 11) is 1.77. The molecular formula is C17H17N5OS. The molecule has 0 saturated carbocycles. The minimum atomic E-state index is -0.00927. The first-order valence-corrected chi connectivity index (χ1v) is 8.43. The van der Waals surface area contributed by atoms with Crippen molar-refractivity contribution in [2.45, 2.75) is 12.1 Å². The van der Waals surface area contributed by atoms with Gasteiger partial charge in [0.1, 0.15) is 0 Å². The fourth-order valence-corrected chi connectivity index (χ4v) is 3.01. The first-order chi connectivity index (χ1) is 11.6. The Morgan fingerprint density at radius 1 is 1.17 bits per heavy atom. The van der Waals surface area contributed by atoms with Crippen LogP contribution >= 0.6 is 11.8 Å². The van der Waals surface area contributed by atoms with E-state index in [1.165, 1.54) is 11.8 Å². The van der Waals surface area contributed by atoms with Crippen LogP contribution in [0.3, 0.4) is 0 Å². The highest BCUT2D eigenvalue weighted by Gasteiger charge is 2.15. The van der Waals surface area contributed by atoms with Gasteiger partial charge in [0, 0.05) is 12.7 Å². The van der Waals surface area contributed by atoms with E-state index in [2.05, 4.69) is 15.5 Å². The van der Waals surface area contributed by atoms with Gasteiger partial charge in [-0.2, -0.15) is 4.68 Å². The quantitative estimate of drug-likeness (QED) is 0.669. The minimum Gasteiger partial charge on any atom is -0.315 e. The van der Waals surface area contributed by atoms with Crippen LogP contribution in [0.5, 0.6) is 0 Å². The second-order valence-corrected chi connectivity index (χ2v) is 6.23. The summed E-state index contributed by atoms with van der Waals surface area (Å²) in [5, 5.41) is 12.4. The van der Waals surface area contributed by atoms with Crippen molar-refractivity contribution in [1.82, 2.24) is 20.2 Å². The molecule has 0 atom stereocenters. The number of rotatable bonds is 5. The Morgan fingerprint density at radius 2 is 1.96 bits per heavy atom. The fourth-order valence-electron chi connectivity index (χ4n) is 2.21. The van der Waals surface area contributed by atoms with Gasteiger partial charge < -0.3 is 4.90 Å². The molecular weight excluding hydrogens is 322 g/mol. The molecule has 0 aliphatic carbocycles. The zero-order chi connectivity index (χ0) is 16.9. The summed E-state index contributed by atoms with van der Waals surface area (Å²) in [6.45, 7) is 2.01. The highest BCUT2D eigenvalue weighted by molar-refractivity contribution is 7.99. The van der Waals surface area contributed by atoms with E-state index in [9.17, 15) is 4.79 Å². The number of hydrogen-bond donors (Lipinski definition) is 0. The van der Waals surface area contributed by atoms with Gasteiger partial charge in [-0.25, -0.2) is 0 Å². The van der Waals surface area contributed by atoms with Crippen LogP contribution in [-0.4, -0.2) is 38.9 Å². The Hall–Kier alpha value is -2.67. The summed E-state index contributed by atoms with van der Waals surface area (Å²) in [6, 6.07) is 17.4. The van der Waals surface area contributed by atoms with Crippen molar-refractivity contribution >= 4 is 23.4 Å². The van der Waals surface area contributed by atoms with E-state index in [0.717, 1.165) is 16.9 Å². The number of para-hydroxylation sites is 1. The Morgan fingerprint density at radius 3 is 2.71 bits per heavy atom. The van der Waals surface area contributed by atoms with Gasteiger partial charge in [-0.05, 0) is 47.2 Å². The number of anilines is 1. The van der Waals surface area contributed by atoms with Crippen LogP contribution in [0.2, 0.25) is 0 Å². The van der Waals surface area contributed by atoms with Crippen LogP contribution in [-0.2, 0) is 4.79 Å². The maximum atomic E-state index is 12.4. The van der Waals surface area contributed by atoms with Crippen LogP contribution in [0.4, 0.5) is 5.69 Å². The van der Waals surface area contributed by atoms with Gasteiger partial charge in [0.2, 0.25) is 11.1 Å². The summed E-state index contributed by atoms with van der Waals surface area (Å²) in [6.07, 6.45) is 0. The predicted octanol–water partition coefficient (Wildman–Crippen LogP) is 2.73. The molecule has 1 aromatic heterocycles. The number of benzene rings is 2. The Labute approximate surface area is 144 Å². The third-order valence-electron chi connectivity index (χ3n) is 3.53. The molecule has 1 heterocycles. The molecule has 24 heavy (non-hydrogen) atoms. The summed E-state index contributed by atoms with van der Waals surface area (Å²) in [4.78, 5) is 14.0. The van der Waals surface area contributed by atoms with Crippen molar-refractivity contribution in [2.75, 3.05) is 17.7 Å². The fraction of sp³-hybridized carbons (Fsp3) is 0.176. The number of tetrazole rings is 1. The van der Waals surface area contributed by atoms with Crippen molar-refractivity contribution in [3.05, 3.63) is 60.2 Å². The molecule has 0 radical (unpaired) electrons. The Balaban J connectivity index is 1.70. The summed E-state index contributed by atoms with van der Waals surface area (Å²) < 4.78 is 1.65. The largest absolute Gasteiger partial charge is 0.315 e. The van der Waals surface area contributed by atoms with Crippen molar-refractivity contribution in [3.8, 4) is 5.69 Å². The van der Waals surface area contributed by atoms with Crippen molar-refractivity contribution in [1.29, 1.82) is 0 Å². The Kier molecular flexibility index (Phi) is 4.90. The molecule has 0 saturated heterocycles. The van der Waals surface area contributed by atoms with Crippen molar-refractivity contribution < 1.29 is 4.79 Å². The van der Waals surface area contributed by atoms with Gasteiger partial charge in [0.15, 0.2) is 0 Å². The second-order valence-electron chi connectivity index (χ2n) is 5.29. The number of hydrogen-bond acceptors (Lipinski definition) is 5. The first kappa shape index (κ1) is 16.2. The molecule has 0 aliphatic heterocycles. The average Bonchev–Trinajstić information content (AvgIpc) is 3.08. The highest BCUT2D eigenvalue weighted by Crippen LogP contribution is 2.20. The number of amides is 1. The number of aromatic nitrogens is 4. The highest BCUT2D eigenvalue weighted by atomic mass is 32.2. The minimum absolute atomic E-state index is 0.00927. The average molecular weight is 339 g/mol. The molecule has 0 aliphatic rings. The standard InChI is InChI=1S/C17H17N5OS/c1-13-7-6-10-15(11-13)22-17(18-19-20-22)24-12-16(23)21(2)14-8-4-3-5-9-14/h3-11H,12H2,1-2H3. The van der Waals surface area contributed by atoms with E-state index in [-0.39, 0.29) is 11.7 Å². The lowest BCUT2D eigenvalue weighted by atomic mass is 10.2. The van der Waals surface area contributed by atoms with E-state index in [0.29, 0.717) is 5.16 Å². The van der Waals surface area contributed by atoms with E-state index >= 15 is 0 Å². The van der Waals surface area contributed by atoms with E-state index < -0.39 is 0 Å². The third kappa shape index (κ3) is 3.62. The lowest BCUT2D eigenvalue weighted by Gasteiger charge is -2.16. The zero-order valence-electron chi connectivity index (χ0n) is 13.5. The first-order valence-electron chi connectivity index (χ1n) is 7.45. The molecule has 122 valence electrons. The molecule has 0 fully saturated rings. The van der Waals surface area contributed by atoms with Gasteiger partial charge in [-0.1, -0.05) is 42.1 Å². The summed E-state index contributed by atoms with van der Waals surface area (Å²) in [5.74, 6) is 0.252. The van der Waals surface area contributed by atoms with Crippen LogP contribution in [0.15, 0.2) is 59.8 Å². The topological polar surface area (TPSA) is 63.9 Å². The summed E-state index contributed by atoms with van der Waals surface area (Å²) >= 11 is 1.32. The van der Waals surface area contributed by atoms with Gasteiger partial charge in [0.05, 0.1) is 11.4 Å². The van der Waals surface area contributed by atoms with Crippen molar-refractivity contribution in [3.63, 3.8) is 0 Å². The molecule has 1 amide bonds. The number of carbonyl (C=O) groups is 1. The molecule has 7 heteroatoms. The van der Waals surface area contributed by atoms with Gasteiger partial charge in [-0.3, -0.25) is 4.79 Å². The zero-order valence-corrected chi connectivity index (χ0v) is 14.3. The molecule has 0 bridgehead atoms. The smallest absolute Gasteiger partial charge is 0.237 e. The van der Waals surface area contributed by atoms with Crippen LogP contribution in [0.1, 0.15) is 5.56 Å². The van der Waals surface area contributed by atoms with Crippen LogP contribution < -0.4 is 4.90 Å². The van der Waals surface area contributed by atoms with E-state index in [4.69, 9.17) is 0 Å². The lowest BCUT2D eigenvalue weighted by Crippen LogP contribution is -2.27.